The second-order valence-electron chi connectivity index (χ2n) is 8.51. The van der Waals surface area contributed by atoms with Crippen LogP contribution in [0.15, 0.2) is 23.2 Å². The summed E-state index contributed by atoms with van der Waals surface area (Å²) in [6, 6.07) is 4.29. The highest BCUT2D eigenvalue weighted by atomic mass is 35.5. The van der Waals surface area contributed by atoms with Crippen LogP contribution in [0.1, 0.15) is 36.9 Å². The average molecular weight is 477 g/mol. The number of nitrogens with zero attached hydrogens (tertiary/aromatic N) is 3. The Balaban J connectivity index is 1.39. The highest BCUT2D eigenvalue weighted by Crippen LogP contribution is 2.33. The molecule has 4 N–H and O–H groups in total. The van der Waals surface area contributed by atoms with Gasteiger partial charge in [-0.1, -0.05) is 17.7 Å². The van der Waals surface area contributed by atoms with Gasteiger partial charge in [0.05, 0.1) is 10.9 Å². The van der Waals surface area contributed by atoms with Crippen molar-refractivity contribution in [3.63, 3.8) is 0 Å². The zero-order valence-electron chi connectivity index (χ0n) is 18.2. The van der Waals surface area contributed by atoms with E-state index in [0.29, 0.717) is 49.0 Å². The van der Waals surface area contributed by atoms with E-state index in [0.717, 1.165) is 18.5 Å². The fourth-order valence-corrected chi connectivity index (χ4v) is 4.48. The third-order valence-corrected chi connectivity index (χ3v) is 6.50. The number of aromatic amines is 1. The monoisotopic (exact) mass is 476 g/mol. The molecule has 1 amide bonds. The van der Waals surface area contributed by atoms with E-state index in [1.54, 1.807) is 6.07 Å². The zero-order valence-corrected chi connectivity index (χ0v) is 19.0. The molecule has 4 rings (SSSR count). The van der Waals surface area contributed by atoms with Crippen molar-refractivity contribution in [1.82, 2.24) is 15.5 Å². The largest absolute Gasteiger partial charge is 0.481 e. The third kappa shape index (κ3) is 5.11. The standard InChI is InChI=1S/C22H26ClFN6O3/c1-30-11-27-18(21(31)26-10-13-4-7-16(24)15(23)8-13)17-19(30)20(29-28-17)25-9-12-2-5-14(6-3-12)22(32)33/h4,7-8,12,14H,2-3,5-6,9-11H2,1H3,(H,26,31)(H,32,33)(H2,25,28,29). The van der Waals surface area contributed by atoms with Crippen molar-refractivity contribution < 1.29 is 19.1 Å². The number of aromatic nitrogens is 2. The van der Waals surface area contributed by atoms with Crippen molar-refractivity contribution in [1.29, 1.82) is 0 Å². The molecule has 2 aliphatic rings. The van der Waals surface area contributed by atoms with Crippen molar-refractivity contribution in [2.45, 2.75) is 32.2 Å². The van der Waals surface area contributed by atoms with Gasteiger partial charge in [-0.3, -0.25) is 19.7 Å². The van der Waals surface area contributed by atoms with E-state index >= 15 is 0 Å². The highest BCUT2D eigenvalue weighted by molar-refractivity contribution is 6.46. The number of nitrogens with one attached hydrogen (secondary N) is 3. The molecule has 1 aromatic heterocycles. The molecule has 1 fully saturated rings. The number of rotatable bonds is 7. The number of halogens is 2. The molecule has 0 atom stereocenters. The van der Waals surface area contributed by atoms with Gasteiger partial charge in [-0.05, 0) is 49.3 Å². The first-order chi connectivity index (χ1) is 15.8. The summed E-state index contributed by atoms with van der Waals surface area (Å²) < 4.78 is 13.3. The van der Waals surface area contributed by atoms with E-state index in [2.05, 4.69) is 25.8 Å². The van der Waals surface area contributed by atoms with Crippen LogP contribution in [0.25, 0.3) is 0 Å². The molecule has 1 aliphatic heterocycles. The molecule has 1 saturated carbocycles. The Hall–Kier alpha value is -3.14. The van der Waals surface area contributed by atoms with Crippen molar-refractivity contribution in [3.05, 3.63) is 40.3 Å². The summed E-state index contributed by atoms with van der Waals surface area (Å²) in [6.07, 6.45) is 3.09. The topological polar surface area (TPSA) is 123 Å². The lowest BCUT2D eigenvalue weighted by molar-refractivity contribution is -0.143. The molecule has 9 nitrogen and oxygen atoms in total. The maximum atomic E-state index is 13.3. The van der Waals surface area contributed by atoms with E-state index in [4.69, 9.17) is 16.7 Å². The number of H-pyrrole nitrogens is 1. The average Bonchev–Trinajstić information content (AvgIpc) is 3.23. The summed E-state index contributed by atoms with van der Waals surface area (Å²) in [6.45, 7) is 1.17. The van der Waals surface area contributed by atoms with E-state index in [9.17, 15) is 14.0 Å². The van der Waals surface area contributed by atoms with Gasteiger partial charge >= 0.3 is 5.97 Å². The quantitative estimate of drug-likeness (QED) is 0.487. The Morgan fingerprint density at radius 1 is 1.30 bits per heavy atom. The number of amides is 1. The molecule has 0 saturated heterocycles. The normalized spacial score (nSPS) is 20.1. The van der Waals surface area contributed by atoms with Crippen molar-refractivity contribution in [2.24, 2.45) is 16.8 Å². The lowest BCUT2D eigenvalue weighted by Crippen LogP contribution is -2.36. The number of benzene rings is 1. The van der Waals surface area contributed by atoms with Crippen LogP contribution in [0.4, 0.5) is 15.9 Å². The Morgan fingerprint density at radius 3 is 2.76 bits per heavy atom. The first kappa shape index (κ1) is 23.0. The van der Waals surface area contributed by atoms with E-state index in [1.807, 2.05) is 11.9 Å². The van der Waals surface area contributed by atoms with Crippen LogP contribution in [0.2, 0.25) is 5.02 Å². The molecule has 11 heteroatoms. The SMILES string of the molecule is CN1CN=C(C(=O)NCc2ccc(F)c(Cl)c2)c2[nH]nc(NCC3CCC(C(=O)O)CC3)c21. The lowest BCUT2D eigenvalue weighted by atomic mass is 9.82. The van der Waals surface area contributed by atoms with Gasteiger partial charge in [-0.15, -0.1) is 0 Å². The van der Waals surface area contributed by atoms with Crippen LogP contribution in [-0.2, 0) is 16.1 Å². The van der Waals surface area contributed by atoms with Crippen LogP contribution < -0.4 is 15.5 Å². The molecule has 0 unspecified atom stereocenters. The summed E-state index contributed by atoms with van der Waals surface area (Å²) in [5, 5.41) is 22.6. The molecule has 0 spiro atoms. The minimum absolute atomic E-state index is 0.00129. The molecule has 1 aromatic carbocycles. The zero-order chi connectivity index (χ0) is 23.5. The first-order valence-corrected chi connectivity index (χ1v) is 11.2. The van der Waals surface area contributed by atoms with Gasteiger partial charge in [0, 0.05) is 20.1 Å². The smallest absolute Gasteiger partial charge is 0.306 e. The van der Waals surface area contributed by atoms with Gasteiger partial charge in [0.25, 0.3) is 5.91 Å². The minimum Gasteiger partial charge on any atom is -0.481 e. The maximum Gasteiger partial charge on any atom is 0.306 e. The second-order valence-corrected chi connectivity index (χ2v) is 8.92. The van der Waals surface area contributed by atoms with Crippen LogP contribution >= 0.6 is 11.6 Å². The van der Waals surface area contributed by atoms with Crippen molar-refractivity contribution >= 4 is 40.7 Å². The predicted molar refractivity (Wildman–Crippen MR) is 123 cm³/mol. The number of carbonyl (C=O) groups excluding carboxylic acids is 1. The Labute approximate surface area is 195 Å². The first-order valence-electron chi connectivity index (χ1n) is 10.9. The third-order valence-electron chi connectivity index (χ3n) is 6.21. The highest BCUT2D eigenvalue weighted by Gasteiger charge is 2.30. The van der Waals surface area contributed by atoms with Gasteiger partial charge in [0.15, 0.2) is 11.5 Å². The maximum absolute atomic E-state index is 13.3. The van der Waals surface area contributed by atoms with E-state index < -0.39 is 11.8 Å². The molecule has 176 valence electrons. The van der Waals surface area contributed by atoms with E-state index in [-0.39, 0.29) is 29.1 Å². The van der Waals surface area contributed by atoms with Gasteiger partial charge in [-0.25, -0.2) is 4.39 Å². The van der Waals surface area contributed by atoms with Gasteiger partial charge in [0.2, 0.25) is 0 Å². The number of hydrogen-bond donors (Lipinski definition) is 4. The fourth-order valence-electron chi connectivity index (χ4n) is 4.28. The number of carboxylic acid groups (broad SMARTS) is 1. The summed E-state index contributed by atoms with van der Waals surface area (Å²) in [4.78, 5) is 30.2. The predicted octanol–water partition coefficient (Wildman–Crippen LogP) is 3.02. The Kier molecular flexibility index (Phi) is 6.83. The molecule has 33 heavy (non-hydrogen) atoms. The fraction of sp³-hybridized carbons (Fsp3) is 0.455. The van der Waals surface area contributed by atoms with Crippen LogP contribution in [0, 0.1) is 17.7 Å². The number of aliphatic carboxylic acids is 1. The summed E-state index contributed by atoms with van der Waals surface area (Å²) in [5.74, 6) is -0.819. The number of anilines is 2. The number of carbonyl (C=O) groups is 2. The van der Waals surface area contributed by atoms with Crippen LogP contribution in [0.3, 0.4) is 0 Å². The van der Waals surface area contributed by atoms with Crippen molar-refractivity contribution in [3.8, 4) is 0 Å². The minimum atomic E-state index is -0.711. The van der Waals surface area contributed by atoms with E-state index in [1.165, 1.54) is 12.1 Å². The number of carboxylic acids is 1. The molecule has 0 radical (unpaired) electrons. The number of fused-ring (bicyclic) bond motifs is 1. The van der Waals surface area contributed by atoms with Gasteiger partial charge in [0.1, 0.15) is 23.9 Å². The molecule has 2 heterocycles. The van der Waals surface area contributed by atoms with Gasteiger partial charge < -0.3 is 20.6 Å². The molecule has 0 bridgehead atoms. The lowest BCUT2D eigenvalue weighted by Gasteiger charge is -2.27. The summed E-state index contributed by atoms with van der Waals surface area (Å²) in [7, 11) is 1.87. The molecular weight excluding hydrogens is 451 g/mol. The van der Waals surface area contributed by atoms with Crippen molar-refractivity contribution in [2.75, 3.05) is 30.5 Å². The molecular formula is C22H26ClFN6O3. The summed E-state index contributed by atoms with van der Waals surface area (Å²) in [5.41, 5.74) is 2.21. The number of aliphatic imine (C=N–C) groups is 1. The molecule has 2 aromatic rings. The van der Waals surface area contributed by atoms with Crippen LogP contribution in [0.5, 0.6) is 0 Å². The Bertz CT molecular complexity index is 1080. The summed E-state index contributed by atoms with van der Waals surface area (Å²) >= 11 is 5.81. The number of hydrogen-bond acceptors (Lipinski definition) is 6. The Morgan fingerprint density at radius 2 is 2.06 bits per heavy atom. The van der Waals surface area contributed by atoms with Crippen LogP contribution in [-0.4, -0.2) is 53.2 Å². The molecule has 1 aliphatic carbocycles. The van der Waals surface area contributed by atoms with Gasteiger partial charge in [-0.2, -0.15) is 5.10 Å². The second kappa shape index (κ2) is 9.78.